The van der Waals surface area contributed by atoms with Crippen LogP contribution in [0.15, 0.2) is 0 Å². The molecule has 0 radical (unpaired) electrons. The van der Waals surface area contributed by atoms with Gasteiger partial charge < -0.3 is 11.1 Å². The summed E-state index contributed by atoms with van der Waals surface area (Å²) in [6.45, 7) is 17.3. The number of hydrogen-bond acceptors (Lipinski definition) is 3. The van der Waals surface area contributed by atoms with Crippen LogP contribution >= 0.6 is 0 Å². The number of nitrogens with two attached hydrogens (primary N) is 1. The Hall–Kier alpha value is -0.610. The Morgan fingerprint density at radius 3 is 1.85 bits per heavy atom. The van der Waals surface area contributed by atoms with Crippen LogP contribution in [-0.4, -0.2) is 42.0 Å². The molecule has 0 saturated heterocycles. The third-order valence-corrected chi connectivity index (χ3v) is 2.92. The van der Waals surface area contributed by atoms with E-state index < -0.39 is 0 Å². The summed E-state index contributed by atoms with van der Waals surface area (Å²) in [5.41, 5.74) is 5.73. The number of amides is 1. The molecule has 1 unspecified atom stereocenters. The van der Waals surface area contributed by atoms with Crippen molar-refractivity contribution in [2.45, 2.75) is 66.5 Å². The van der Waals surface area contributed by atoms with E-state index in [-0.39, 0.29) is 17.5 Å². The second-order valence-electron chi connectivity index (χ2n) is 7.63. The minimum Gasteiger partial charge on any atom is -0.351 e. The molecule has 0 bridgehead atoms. The highest BCUT2D eigenvalue weighted by molar-refractivity contribution is 5.77. The number of hydrogen-bond donors (Lipinski definition) is 2. The van der Waals surface area contributed by atoms with Crippen molar-refractivity contribution in [3.63, 3.8) is 0 Å². The fourth-order valence-corrected chi connectivity index (χ4v) is 2.36. The van der Waals surface area contributed by atoms with Gasteiger partial charge in [-0.25, -0.2) is 0 Å². The Bertz CT molecular complexity index is 272. The summed E-state index contributed by atoms with van der Waals surface area (Å²) < 4.78 is 0. The summed E-state index contributed by atoms with van der Waals surface area (Å²) in [5, 5.41) is 3.02. The van der Waals surface area contributed by atoms with Gasteiger partial charge in [-0.1, -0.05) is 27.7 Å². The Kier molecular flexibility index (Phi) is 8.36. The molecule has 1 amide bonds. The van der Waals surface area contributed by atoms with Crippen molar-refractivity contribution in [2.75, 3.05) is 19.6 Å². The van der Waals surface area contributed by atoms with Crippen LogP contribution in [-0.2, 0) is 4.79 Å². The fraction of sp³-hybridized carbons (Fsp3) is 0.938. The molecule has 0 aromatic heterocycles. The van der Waals surface area contributed by atoms with Gasteiger partial charge in [0.1, 0.15) is 0 Å². The predicted octanol–water partition coefficient (Wildman–Crippen LogP) is 2.23. The zero-order valence-corrected chi connectivity index (χ0v) is 14.5. The minimum absolute atomic E-state index is 0.0884. The van der Waals surface area contributed by atoms with Gasteiger partial charge in [-0.2, -0.15) is 0 Å². The topological polar surface area (TPSA) is 58.4 Å². The highest BCUT2D eigenvalue weighted by Gasteiger charge is 2.23. The molecule has 0 aliphatic rings. The second-order valence-corrected chi connectivity index (χ2v) is 7.63. The van der Waals surface area contributed by atoms with E-state index in [4.69, 9.17) is 5.73 Å². The van der Waals surface area contributed by atoms with Gasteiger partial charge in [-0.05, 0) is 32.6 Å². The zero-order chi connectivity index (χ0) is 15.9. The molecule has 0 aliphatic heterocycles. The quantitative estimate of drug-likeness (QED) is 0.719. The smallest absolute Gasteiger partial charge is 0.222 e. The highest BCUT2D eigenvalue weighted by Crippen LogP contribution is 2.11. The number of nitrogens with zero attached hydrogens (tertiary/aromatic N) is 1. The SMILES string of the molecule is CC(C)CN(CC(C)C)C(CN)CC(=O)NC(C)(C)C. The van der Waals surface area contributed by atoms with Crippen molar-refractivity contribution in [1.82, 2.24) is 10.2 Å². The Labute approximate surface area is 125 Å². The molecule has 0 fully saturated rings. The first-order valence-corrected chi connectivity index (χ1v) is 7.80. The average Bonchev–Trinajstić information content (AvgIpc) is 2.20. The van der Waals surface area contributed by atoms with E-state index in [1.165, 1.54) is 0 Å². The molecule has 3 N–H and O–H groups in total. The molecule has 4 nitrogen and oxygen atoms in total. The van der Waals surface area contributed by atoms with E-state index in [9.17, 15) is 4.79 Å². The number of carbonyl (C=O) groups is 1. The maximum Gasteiger partial charge on any atom is 0.222 e. The molecule has 20 heavy (non-hydrogen) atoms. The lowest BCUT2D eigenvalue weighted by molar-refractivity contribution is -0.123. The zero-order valence-electron chi connectivity index (χ0n) is 14.5. The maximum absolute atomic E-state index is 12.1. The minimum atomic E-state index is -0.183. The number of rotatable bonds is 8. The third kappa shape index (κ3) is 9.32. The van der Waals surface area contributed by atoms with Crippen LogP contribution in [0.1, 0.15) is 54.9 Å². The lowest BCUT2D eigenvalue weighted by atomic mass is 10.0. The summed E-state index contributed by atoms with van der Waals surface area (Å²) in [4.78, 5) is 14.5. The third-order valence-electron chi connectivity index (χ3n) is 2.92. The average molecular weight is 285 g/mol. The molecule has 0 heterocycles. The van der Waals surface area contributed by atoms with E-state index >= 15 is 0 Å². The van der Waals surface area contributed by atoms with Gasteiger partial charge in [-0.3, -0.25) is 9.69 Å². The standard InChI is InChI=1S/C16H35N3O/c1-12(2)10-19(11-13(3)4)14(9-17)8-15(20)18-16(5,6)7/h12-14H,8-11,17H2,1-7H3,(H,18,20). The Morgan fingerprint density at radius 1 is 1.10 bits per heavy atom. The number of nitrogens with one attached hydrogen (secondary N) is 1. The van der Waals surface area contributed by atoms with E-state index in [1.807, 2.05) is 20.8 Å². The van der Waals surface area contributed by atoms with E-state index in [0.29, 0.717) is 24.8 Å². The normalized spacial score (nSPS) is 14.2. The molecule has 0 spiro atoms. The summed E-state index contributed by atoms with van der Waals surface area (Å²) in [7, 11) is 0. The highest BCUT2D eigenvalue weighted by atomic mass is 16.1. The lowest BCUT2D eigenvalue weighted by Crippen LogP contribution is -2.49. The van der Waals surface area contributed by atoms with Crippen LogP contribution < -0.4 is 11.1 Å². The van der Waals surface area contributed by atoms with Gasteiger partial charge in [0.25, 0.3) is 0 Å². The van der Waals surface area contributed by atoms with Crippen LogP contribution in [0.25, 0.3) is 0 Å². The van der Waals surface area contributed by atoms with Gasteiger partial charge in [0, 0.05) is 37.6 Å². The Balaban J connectivity index is 4.68. The van der Waals surface area contributed by atoms with E-state index in [1.54, 1.807) is 0 Å². The largest absolute Gasteiger partial charge is 0.351 e. The first kappa shape index (κ1) is 19.4. The molecule has 0 aromatic carbocycles. The number of carbonyl (C=O) groups excluding carboxylic acids is 1. The van der Waals surface area contributed by atoms with Crippen LogP contribution in [0.4, 0.5) is 0 Å². The van der Waals surface area contributed by atoms with Gasteiger partial charge in [0.2, 0.25) is 5.91 Å². The fourth-order valence-electron chi connectivity index (χ4n) is 2.36. The molecule has 120 valence electrons. The summed E-state index contributed by atoms with van der Waals surface area (Å²) in [5.74, 6) is 1.24. The molecule has 4 heteroatoms. The Morgan fingerprint density at radius 2 is 1.55 bits per heavy atom. The summed E-state index contributed by atoms with van der Waals surface area (Å²) in [6.07, 6.45) is 0.479. The van der Waals surface area contributed by atoms with Crippen LogP contribution in [0.3, 0.4) is 0 Å². The monoisotopic (exact) mass is 285 g/mol. The van der Waals surface area contributed by atoms with Crippen molar-refractivity contribution in [2.24, 2.45) is 17.6 Å². The molecule has 0 rings (SSSR count). The van der Waals surface area contributed by atoms with Crippen molar-refractivity contribution >= 4 is 5.91 Å². The van der Waals surface area contributed by atoms with Crippen molar-refractivity contribution in [3.05, 3.63) is 0 Å². The molecule has 1 atom stereocenters. The van der Waals surface area contributed by atoms with E-state index in [2.05, 4.69) is 37.9 Å². The van der Waals surface area contributed by atoms with Crippen LogP contribution in [0.2, 0.25) is 0 Å². The molecular formula is C16H35N3O. The molecule has 0 saturated carbocycles. The van der Waals surface area contributed by atoms with Crippen LogP contribution in [0.5, 0.6) is 0 Å². The van der Waals surface area contributed by atoms with Crippen molar-refractivity contribution in [3.8, 4) is 0 Å². The van der Waals surface area contributed by atoms with Gasteiger partial charge in [0.15, 0.2) is 0 Å². The maximum atomic E-state index is 12.1. The van der Waals surface area contributed by atoms with Crippen LogP contribution in [0, 0.1) is 11.8 Å². The van der Waals surface area contributed by atoms with Crippen molar-refractivity contribution < 1.29 is 4.79 Å². The first-order chi connectivity index (χ1) is 9.05. The predicted molar refractivity (Wildman–Crippen MR) is 86.6 cm³/mol. The summed E-state index contributed by atoms with van der Waals surface area (Å²) >= 11 is 0. The molecule has 0 aliphatic carbocycles. The summed E-state index contributed by atoms with van der Waals surface area (Å²) in [6, 6.07) is 0.127. The van der Waals surface area contributed by atoms with Gasteiger partial charge >= 0.3 is 0 Å². The second kappa shape index (κ2) is 8.63. The lowest BCUT2D eigenvalue weighted by Gasteiger charge is -2.34. The molecular weight excluding hydrogens is 250 g/mol. The first-order valence-electron chi connectivity index (χ1n) is 7.80. The van der Waals surface area contributed by atoms with Crippen molar-refractivity contribution in [1.29, 1.82) is 0 Å². The van der Waals surface area contributed by atoms with E-state index in [0.717, 1.165) is 13.1 Å². The van der Waals surface area contributed by atoms with Gasteiger partial charge in [0.05, 0.1) is 0 Å². The molecule has 0 aromatic rings. The van der Waals surface area contributed by atoms with Gasteiger partial charge in [-0.15, -0.1) is 0 Å².